The molecule has 3 amide bonds. The molecule has 0 unspecified atom stereocenters. The van der Waals surface area contributed by atoms with E-state index in [1.54, 1.807) is 6.07 Å². The highest BCUT2D eigenvalue weighted by atomic mass is 127. The Morgan fingerprint density at radius 3 is 2.45 bits per heavy atom. The van der Waals surface area contributed by atoms with Gasteiger partial charge in [-0.3, -0.25) is 4.79 Å². The molecule has 0 bridgehead atoms. The van der Waals surface area contributed by atoms with Crippen LogP contribution in [0.2, 0.25) is 0 Å². The van der Waals surface area contributed by atoms with Crippen molar-refractivity contribution in [2.75, 3.05) is 18.0 Å². The maximum atomic E-state index is 12.9. The Morgan fingerprint density at radius 2 is 1.76 bits per heavy atom. The Kier molecular flexibility index (Phi) is 7.02. The molecule has 4 rings (SSSR count). The van der Waals surface area contributed by atoms with Gasteiger partial charge in [0.15, 0.2) is 5.96 Å². The number of likely N-dealkylation sites (tertiary alicyclic amines) is 1. The standard InChI is InChI=1S/C21H29N5O2.HI/c22-19(25-12-5-1-2-6-13-25)23-15-16-8-7-9-17(14-16)26-18(27)21(24-20(26)28)10-3-4-11-21;/h7-9,14H,1-6,10-13,15H2,(H2,22,23)(H,24,28);1H. The molecule has 2 saturated heterocycles. The summed E-state index contributed by atoms with van der Waals surface area (Å²) < 4.78 is 0. The summed E-state index contributed by atoms with van der Waals surface area (Å²) in [5.41, 5.74) is 7.04. The van der Waals surface area contributed by atoms with Gasteiger partial charge in [0, 0.05) is 13.1 Å². The number of nitrogens with two attached hydrogens (primary N) is 1. The number of urea groups is 1. The van der Waals surface area contributed by atoms with Crippen LogP contribution in [-0.2, 0) is 11.3 Å². The Hall–Kier alpha value is -1.84. The summed E-state index contributed by atoms with van der Waals surface area (Å²) in [5.74, 6) is 0.451. The van der Waals surface area contributed by atoms with Crippen molar-refractivity contribution in [1.29, 1.82) is 0 Å². The lowest BCUT2D eigenvalue weighted by Crippen LogP contribution is -2.44. The molecule has 2 aliphatic heterocycles. The minimum absolute atomic E-state index is 0. The van der Waals surface area contributed by atoms with Crippen molar-refractivity contribution in [3.8, 4) is 0 Å². The van der Waals surface area contributed by atoms with Gasteiger partial charge in [-0.15, -0.1) is 24.0 Å². The van der Waals surface area contributed by atoms with Gasteiger partial charge in [-0.2, -0.15) is 0 Å². The fraction of sp³-hybridized carbons (Fsp3) is 0.571. The van der Waals surface area contributed by atoms with Crippen molar-refractivity contribution in [3.63, 3.8) is 0 Å². The van der Waals surface area contributed by atoms with E-state index in [1.807, 2.05) is 18.2 Å². The van der Waals surface area contributed by atoms with Crippen LogP contribution in [0.5, 0.6) is 0 Å². The Balaban J connectivity index is 0.00000240. The van der Waals surface area contributed by atoms with Crippen LogP contribution in [0, 0.1) is 0 Å². The summed E-state index contributed by atoms with van der Waals surface area (Å²) in [5, 5.41) is 2.93. The van der Waals surface area contributed by atoms with Gasteiger partial charge in [-0.1, -0.05) is 37.8 Å². The van der Waals surface area contributed by atoms with Crippen molar-refractivity contribution in [2.24, 2.45) is 10.7 Å². The molecule has 7 nitrogen and oxygen atoms in total. The van der Waals surface area contributed by atoms with Crippen LogP contribution < -0.4 is 16.0 Å². The van der Waals surface area contributed by atoms with Crippen LogP contribution in [0.3, 0.4) is 0 Å². The second-order valence-electron chi connectivity index (χ2n) is 8.11. The number of halogens is 1. The zero-order valence-corrected chi connectivity index (χ0v) is 19.1. The van der Waals surface area contributed by atoms with Crippen molar-refractivity contribution in [2.45, 2.75) is 63.5 Å². The molecule has 0 aromatic heterocycles. The maximum absolute atomic E-state index is 12.9. The van der Waals surface area contributed by atoms with E-state index in [1.165, 1.54) is 17.7 Å². The topological polar surface area (TPSA) is 91.0 Å². The molecule has 0 atom stereocenters. The van der Waals surface area contributed by atoms with Crippen molar-refractivity contribution in [3.05, 3.63) is 29.8 Å². The van der Waals surface area contributed by atoms with Gasteiger partial charge >= 0.3 is 6.03 Å². The van der Waals surface area contributed by atoms with Gasteiger partial charge in [-0.25, -0.2) is 14.7 Å². The summed E-state index contributed by atoms with van der Waals surface area (Å²) >= 11 is 0. The first kappa shape index (κ1) is 21.9. The summed E-state index contributed by atoms with van der Waals surface area (Å²) in [6.45, 7) is 2.35. The largest absolute Gasteiger partial charge is 0.370 e. The third-order valence-electron chi connectivity index (χ3n) is 6.14. The fourth-order valence-electron chi connectivity index (χ4n) is 4.54. The number of imide groups is 1. The number of nitrogens with one attached hydrogen (secondary N) is 1. The Bertz CT molecular complexity index is 783. The molecule has 1 aromatic rings. The van der Waals surface area contributed by atoms with Crippen LogP contribution in [0.25, 0.3) is 0 Å². The van der Waals surface area contributed by atoms with Crippen LogP contribution in [0.4, 0.5) is 10.5 Å². The monoisotopic (exact) mass is 511 g/mol. The Morgan fingerprint density at radius 1 is 1.07 bits per heavy atom. The molecular weight excluding hydrogens is 481 g/mol. The van der Waals surface area contributed by atoms with Crippen LogP contribution in [-0.4, -0.2) is 41.4 Å². The minimum Gasteiger partial charge on any atom is -0.370 e. The molecule has 8 heteroatoms. The number of amides is 3. The Labute approximate surface area is 189 Å². The molecule has 1 saturated carbocycles. The van der Waals surface area contributed by atoms with Crippen molar-refractivity contribution < 1.29 is 9.59 Å². The number of hydrogen-bond acceptors (Lipinski definition) is 3. The first-order valence-electron chi connectivity index (χ1n) is 10.4. The summed E-state index contributed by atoms with van der Waals surface area (Å²) in [6, 6.07) is 7.16. The molecule has 3 aliphatic rings. The van der Waals surface area contributed by atoms with E-state index >= 15 is 0 Å². The molecule has 3 fully saturated rings. The summed E-state index contributed by atoms with van der Waals surface area (Å²) in [4.78, 5) is 33.4. The molecule has 1 aliphatic carbocycles. The molecule has 1 aromatic carbocycles. The number of rotatable bonds is 3. The highest BCUT2D eigenvalue weighted by Gasteiger charge is 2.52. The highest BCUT2D eigenvalue weighted by molar-refractivity contribution is 14.0. The molecule has 3 N–H and O–H groups in total. The van der Waals surface area contributed by atoms with Gasteiger partial charge in [0.05, 0.1) is 12.2 Å². The molecule has 158 valence electrons. The number of anilines is 1. The molecule has 2 heterocycles. The van der Waals surface area contributed by atoms with Gasteiger partial charge in [-0.05, 0) is 43.4 Å². The van der Waals surface area contributed by atoms with Gasteiger partial charge < -0.3 is 16.0 Å². The zero-order valence-electron chi connectivity index (χ0n) is 16.7. The molecular formula is C21H30IN5O2. The van der Waals surface area contributed by atoms with Crippen LogP contribution in [0.1, 0.15) is 56.9 Å². The summed E-state index contributed by atoms with van der Waals surface area (Å²) in [7, 11) is 0. The normalized spacial score (nSPS) is 21.9. The number of carbonyl (C=O) groups excluding carboxylic acids is 2. The third-order valence-corrected chi connectivity index (χ3v) is 6.14. The zero-order chi connectivity index (χ0) is 19.6. The third kappa shape index (κ3) is 4.51. The van der Waals surface area contributed by atoms with Crippen LogP contribution >= 0.6 is 24.0 Å². The molecule has 29 heavy (non-hydrogen) atoms. The van der Waals surface area contributed by atoms with E-state index in [2.05, 4.69) is 15.2 Å². The van der Waals surface area contributed by atoms with E-state index < -0.39 is 5.54 Å². The van der Waals surface area contributed by atoms with E-state index in [0.717, 1.165) is 57.2 Å². The fourth-order valence-corrected chi connectivity index (χ4v) is 4.54. The first-order chi connectivity index (χ1) is 13.6. The second kappa shape index (κ2) is 9.32. The lowest BCUT2D eigenvalue weighted by atomic mass is 9.98. The minimum atomic E-state index is -0.692. The number of carbonyl (C=O) groups is 2. The number of hydrogen-bond donors (Lipinski definition) is 2. The van der Waals surface area contributed by atoms with Crippen molar-refractivity contribution >= 4 is 47.6 Å². The van der Waals surface area contributed by atoms with Gasteiger partial charge in [0.1, 0.15) is 5.54 Å². The first-order valence-corrected chi connectivity index (χ1v) is 10.4. The SMILES string of the molecule is I.NC(=NCc1cccc(N2C(=O)NC3(CCCC3)C2=O)c1)N1CCCCCC1. The maximum Gasteiger partial charge on any atom is 0.329 e. The van der Waals surface area contributed by atoms with E-state index in [9.17, 15) is 9.59 Å². The average Bonchev–Trinajstić information content (AvgIpc) is 3.13. The van der Waals surface area contributed by atoms with Crippen molar-refractivity contribution in [1.82, 2.24) is 10.2 Å². The van der Waals surface area contributed by atoms with Crippen LogP contribution in [0.15, 0.2) is 29.3 Å². The number of guanidine groups is 1. The predicted molar refractivity (Wildman–Crippen MR) is 124 cm³/mol. The highest BCUT2D eigenvalue weighted by Crippen LogP contribution is 2.37. The quantitative estimate of drug-likeness (QED) is 0.282. The lowest BCUT2D eigenvalue weighted by Gasteiger charge is -2.21. The van der Waals surface area contributed by atoms with E-state index in [0.29, 0.717) is 18.2 Å². The smallest absolute Gasteiger partial charge is 0.329 e. The van der Waals surface area contributed by atoms with E-state index in [4.69, 9.17) is 5.73 Å². The number of nitrogens with zero attached hydrogens (tertiary/aromatic N) is 3. The molecule has 0 radical (unpaired) electrons. The lowest BCUT2D eigenvalue weighted by molar-refractivity contribution is -0.121. The predicted octanol–water partition coefficient (Wildman–Crippen LogP) is 3.36. The second-order valence-corrected chi connectivity index (χ2v) is 8.11. The number of benzene rings is 1. The average molecular weight is 511 g/mol. The van der Waals surface area contributed by atoms with E-state index in [-0.39, 0.29) is 35.9 Å². The summed E-state index contributed by atoms with van der Waals surface area (Å²) in [6.07, 6.45) is 8.21. The number of aliphatic imine (C=N–C) groups is 1. The van der Waals surface area contributed by atoms with Gasteiger partial charge in [0.2, 0.25) is 0 Å². The molecule has 1 spiro atoms. The van der Waals surface area contributed by atoms with Gasteiger partial charge in [0.25, 0.3) is 5.91 Å².